The number of nitrogens with two attached hydrogens (primary N) is 1. The van der Waals surface area contributed by atoms with E-state index in [2.05, 4.69) is 37.2 Å². The zero-order valence-electron chi connectivity index (χ0n) is 10.8. The van der Waals surface area contributed by atoms with Crippen molar-refractivity contribution in [1.29, 1.82) is 0 Å². The third kappa shape index (κ3) is 2.46. The number of benzene rings is 1. The van der Waals surface area contributed by atoms with Crippen LogP contribution >= 0.6 is 0 Å². The summed E-state index contributed by atoms with van der Waals surface area (Å²) in [4.78, 5) is 3.36. The van der Waals surface area contributed by atoms with Gasteiger partial charge in [-0.05, 0) is 42.5 Å². The zero-order valence-corrected chi connectivity index (χ0v) is 10.8. The molecule has 17 heavy (non-hydrogen) atoms. The molecular formula is C15H22N2. The average molecular weight is 230 g/mol. The van der Waals surface area contributed by atoms with Crippen LogP contribution in [0.15, 0.2) is 24.4 Å². The van der Waals surface area contributed by atoms with Gasteiger partial charge in [-0.1, -0.05) is 26.7 Å². The zero-order chi connectivity index (χ0) is 12.3. The largest absolute Gasteiger partial charge is 0.399 e. The molecule has 0 radical (unpaired) electrons. The third-order valence-electron chi connectivity index (χ3n) is 3.45. The summed E-state index contributed by atoms with van der Waals surface area (Å²) in [6.45, 7) is 4.51. The SMILES string of the molecule is CCCC(CCC)c1c[nH]c2ccc(N)cc12. The Balaban J connectivity index is 2.41. The van der Waals surface area contributed by atoms with E-state index in [1.807, 2.05) is 6.07 Å². The Labute approximate surface area is 103 Å². The van der Waals surface area contributed by atoms with Gasteiger partial charge < -0.3 is 10.7 Å². The molecule has 0 amide bonds. The van der Waals surface area contributed by atoms with E-state index in [1.54, 1.807) is 0 Å². The Morgan fingerprint density at radius 1 is 1.18 bits per heavy atom. The van der Waals surface area contributed by atoms with Crippen molar-refractivity contribution in [2.24, 2.45) is 0 Å². The van der Waals surface area contributed by atoms with E-state index in [0.29, 0.717) is 5.92 Å². The molecule has 2 aromatic rings. The molecule has 0 aliphatic heterocycles. The molecule has 3 N–H and O–H groups in total. The lowest BCUT2D eigenvalue weighted by Gasteiger charge is -2.14. The number of aromatic amines is 1. The van der Waals surface area contributed by atoms with Crippen molar-refractivity contribution < 1.29 is 0 Å². The summed E-state index contributed by atoms with van der Waals surface area (Å²) in [6.07, 6.45) is 7.16. The first-order valence-electron chi connectivity index (χ1n) is 6.62. The van der Waals surface area contributed by atoms with Gasteiger partial charge in [0.1, 0.15) is 0 Å². The Bertz CT molecular complexity index is 479. The molecule has 2 rings (SSSR count). The van der Waals surface area contributed by atoms with Crippen LogP contribution in [0.5, 0.6) is 0 Å². The fourth-order valence-corrected chi connectivity index (χ4v) is 2.65. The number of nitrogen functional groups attached to an aromatic ring is 1. The summed E-state index contributed by atoms with van der Waals surface area (Å²) in [5, 5.41) is 1.30. The lowest BCUT2D eigenvalue weighted by Crippen LogP contribution is -1.97. The molecule has 92 valence electrons. The fraction of sp³-hybridized carbons (Fsp3) is 0.467. The minimum Gasteiger partial charge on any atom is -0.399 e. The molecule has 1 aromatic heterocycles. The van der Waals surface area contributed by atoms with Crippen LogP contribution in [-0.2, 0) is 0 Å². The number of nitrogens with one attached hydrogen (secondary N) is 1. The lowest BCUT2D eigenvalue weighted by atomic mass is 9.90. The molecule has 0 atom stereocenters. The van der Waals surface area contributed by atoms with Crippen LogP contribution in [0.25, 0.3) is 10.9 Å². The molecule has 2 heteroatoms. The van der Waals surface area contributed by atoms with Gasteiger partial charge in [-0.2, -0.15) is 0 Å². The highest BCUT2D eigenvalue weighted by Gasteiger charge is 2.14. The van der Waals surface area contributed by atoms with Gasteiger partial charge in [-0.25, -0.2) is 0 Å². The van der Waals surface area contributed by atoms with E-state index >= 15 is 0 Å². The molecule has 0 aliphatic carbocycles. The van der Waals surface area contributed by atoms with Crippen molar-refractivity contribution in [3.8, 4) is 0 Å². The topological polar surface area (TPSA) is 41.8 Å². The second kappa shape index (κ2) is 5.26. The first-order valence-corrected chi connectivity index (χ1v) is 6.62. The summed E-state index contributed by atoms with van der Waals surface area (Å²) in [5.74, 6) is 0.667. The summed E-state index contributed by atoms with van der Waals surface area (Å²) in [7, 11) is 0. The minimum atomic E-state index is 0.667. The van der Waals surface area contributed by atoms with Crippen LogP contribution in [0.1, 0.15) is 51.0 Å². The normalized spacial score (nSPS) is 11.5. The van der Waals surface area contributed by atoms with Crippen LogP contribution in [0.4, 0.5) is 5.69 Å². The van der Waals surface area contributed by atoms with Gasteiger partial charge in [0, 0.05) is 22.8 Å². The number of aromatic nitrogens is 1. The number of fused-ring (bicyclic) bond motifs is 1. The van der Waals surface area contributed by atoms with Gasteiger partial charge in [0.25, 0.3) is 0 Å². The van der Waals surface area contributed by atoms with E-state index in [1.165, 1.54) is 42.1 Å². The van der Waals surface area contributed by atoms with Gasteiger partial charge in [-0.15, -0.1) is 0 Å². The summed E-state index contributed by atoms with van der Waals surface area (Å²) in [6, 6.07) is 6.12. The molecule has 0 bridgehead atoms. The van der Waals surface area contributed by atoms with Crippen molar-refractivity contribution in [2.75, 3.05) is 5.73 Å². The van der Waals surface area contributed by atoms with E-state index in [9.17, 15) is 0 Å². The van der Waals surface area contributed by atoms with Gasteiger partial charge in [0.2, 0.25) is 0 Å². The number of anilines is 1. The second-order valence-corrected chi connectivity index (χ2v) is 4.82. The molecule has 0 spiro atoms. The van der Waals surface area contributed by atoms with Crippen molar-refractivity contribution in [3.05, 3.63) is 30.0 Å². The first-order chi connectivity index (χ1) is 8.26. The Morgan fingerprint density at radius 2 is 1.88 bits per heavy atom. The van der Waals surface area contributed by atoms with E-state index in [0.717, 1.165) is 5.69 Å². The monoisotopic (exact) mass is 230 g/mol. The van der Waals surface area contributed by atoms with Crippen LogP contribution in [0, 0.1) is 0 Å². The predicted octanol–water partition coefficient (Wildman–Crippen LogP) is 4.43. The fourth-order valence-electron chi connectivity index (χ4n) is 2.65. The molecule has 1 aromatic carbocycles. The van der Waals surface area contributed by atoms with Crippen LogP contribution < -0.4 is 5.73 Å². The van der Waals surface area contributed by atoms with Crippen molar-refractivity contribution in [2.45, 2.75) is 45.4 Å². The molecule has 0 saturated carbocycles. The van der Waals surface area contributed by atoms with Gasteiger partial charge in [0.15, 0.2) is 0 Å². The van der Waals surface area contributed by atoms with E-state index in [-0.39, 0.29) is 0 Å². The van der Waals surface area contributed by atoms with Crippen molar-refractivity contribution >= 4 is 16.6 Å². The highest BCUT2D eigenvalue weighted by atomic mass is 14.7. The number of hydrogen-bond donors (Lipinski definition) is 2. The second-order valence-electron chi connectivity index (χ2n) is 4.82. The maximum absolute atomic E-state index is 5.89. The highest BCUT2D eigenvalue weighted by molar-refractivity contribution is 5.86. The van der Waals surface area contributed by atoms with Gasteiger partial charge >= 0.3 is 0 Å². The quantitative estimate of drug-likeness (QED) is 0.733. The average Bonchev–Trinajstić information content (AvgIpc) is 2.71. The molecule has 0 fully saturated rings. The maximum Gasteiger partial charge on any atom is 0.0458 e. The Morgan fingerprint density at radius 3 is 2.53 bits per heavy atom. The molecule has 0 aliphatic rings. The molecular weight excluding hydrogens is 208 g/mol. The highest BCUT2D eigenvalue weighted by Crippen LogP contribution is 2.32. The molecule has 0 saturated heterocycles. The Hall–Kier alpha value is -1.44. The van der Waals surface area contributed by atoms with Gasteiger partial charge in [0.05, 0.1) is 0 Å². The Kier molecular flexibility index (Phi) is 3.72. The smallest absolute Gasteiger partial charge is 0.0458 e. The van der Waals surface area contributed by atoms with E-state index in [4.69, 9.17) is 5.73 Å². The third-order valence-corrected chi connectivity index (χ3v) is 3.45. The van der Waals surface area contributed by atoms with Crippen LogP contribution in [0.2, 0.25) is 0 Å². The van der Waals surface area contributed by atoms with Crippen molar-refractivity contribution in [1.82, 2.24) is 4.98 Å². The van der Waals surface area contributed by atoms with Gasteiger partial charge in [-0.3, -0.25) is 0 Å². The number of H-pyrrole nitrogens is 1. The molecule has 0 unspecified atom stereocenters. The molecule has 1 heterocycles. The van der Waals surface area contributed by atoms with Crippen LogP contribution in [0.3, 0.4) is 0 Å². The maximum atomic E-state index is 5.89. The standard InChI is InChI=1S/C15H22N2/c1-3-5-11(6-4-2)14-10-17-15-8-7-12(16)9-13(14)15/h7-11,17H,3-6,16H2,1-2H3. The summed E-state index contributed by atoms with van der Waals surface area (Å²) in [5.41, 5.74) is 9.38. The summed E-state index contributed by atoms with van der Waals surface area (Å²) >= 11 is 0. The number of rotatable bonds is 5. The van der Waals surface area contributed by atoms with Crippen molar-refractivity contribution in [3.63, 3.8) is 0 Å². The summed E-state index contributed by atoms with van der Waals surface area (Å²) < 4.78 is 0. The first kappa shape index (κ1) is 12.0. The van der Waals surface area contributed by atoms with Crippen LogP contribution in [-0.4, -0.2) is 4.98 Å². The lowest BCUT2D eigenvalue weighted by molar-refractivity contribution is 0.564. The van der Waals surface area contributed by atoms with E-state index < -0.39 is 0 Å². The minimum absolute atomic E-state index is 0.667. The number of hydrogen-bond acceptors (Lipinski definition) is 1. The molecule has 2 nitrogen and oxygen atoms in total. The predicted molar refractivity (Wildman–Crippen MR) is 75.3 cm³/mol.